The summed E-state index contributed by atoms with van der Waals surface area (Å²) in [6, 6.07) is 2.02. The molecule has 6 nitrogen and oxygen atoms in total. The standard InChI is InChI=1S/C12H14N4O2S2/c13-12-14-5-11(6-15-12)20(17,18)16(10-1-2-10)7-9-3-4-19-8-9/h3-6,8,10H,1-2,7H2,(H2,13,14,15). The molecule has 106 valence electrons. The van der Waals surface area contributed by atoms with Crippen LogP contribution in [0.3, 0.4) is 0 Å². The Hall–Kier alpha value is -1.51. The van der Waals surface area contributed by atoms with Crippen LogP contribution in [0.15, 0.2) is 34.1 Å². The molecular weight excluding hydrogens is 296 g/mol. The Morgan fingerprint density at radius 3 is 2.60 bits per heavy atom. The van der Waals surface area contributed by atoms with E-state index in [-0.39, 0.29) is 16.9 Å². The molecule has 20 heavy (non-hydrogen) atoms. The molecule has 2 aromatic rings. The van der Waals surface area contributed by atoms with Crippen LogP contribution in [0.4, 0.5) is 5.95 Å². The molecule has 1 saturated carbocycles. The predicted molar refractivity (Wildman–Crippen MR) is 76.5 cm³/mol. The molecule has 1 aliphatic carbocycles. The van der Waals surface area contributed by atoms with Gasteiger partial charge in [0.15, 0.2) is 0 Å². The van der Waals surface area contributed by atoms with Crippen molar-refractivity contribution in [2.45, 2.75) is 30.3 Å². The topological polar surface area (TPSA) is 89.2 Å². The van der Waals surface area contributed by atoms with E-state index in [1.807, 2.05) is 16.8 Å². The SMILES string of the molecule is Nc1ncc(S(=O)(=O)N(Cc2ccsc2)C2CC2)cn1. The Balaban J connectivity index is 1.91. The van der Waals surface area contributed by atoms with Crippen molar-refractivity contribution in [3.05, 3.63) is 34.8 Å². The second-order valence-corrected chi connectivity index (χ2v) is 7.36. The summed E-state index contributed by atoms with van der Waals surface area (Å²) in [5.41, 5.74) is 6.40. The van der Waals surface area contributed by atoms with Crippen molar-refractivity contribution >= 4 is 27.3 Å². The van der Waals surface area contributed by atoms with Gasteiger partial charge in [-0.25, -0.2) is 18.4 Å². The maximum atomic E-state index is 12.7. The van der Waals surface area contributed by atoms with Gasteiger partial charge in [0.2, 0.25) is 16.0 Å². The van der Waals surface area contributed by atoms with E-state index in [4.69, 9.17) is 5.73 Å². The third kappa shape index (κ3) is 2.67. The van der Waals surface area contributed by atoms with Crippen LogP contribution in [0.1, 0.15) is 18.4 Å². The van der Waals surface area contributed by atoms with E-state index in [2.05, 4.69) is 9.97 Å². The minimum absolute atomic E-state index is 0.0692. The molecule has 0 spiro atoms. The van der Waals surface area contributed by atoms with E-state index >= 15 is 0 Å². The molecule has 2 aromatic heterocycles. The smallest absolute Gasteiger partial charge is 0.246 e. The van der Waals surface area contributed by atoms with Gasteiger partial charge in [0.1, 0.15) is 4.90 Å². The Morgan fingerprint density at radius 1 is 1.35 bits per heavy atom. The van der Waals surface area contributed by atoms with Crippen molar-refractivity contribution in [1.29, 1.82) is 0 Å². The first kappa shape index (κ1) is 13.5. The van der Waals surface area contributed by atoms with Gasteiger partial charge in [0, 0.05) is 12.6 Å². The van der Waals surface area contributed by atoms with Gasteiger partial charge in [-0.1, -0.05) is 0 Å². The van der Waals surface area contributed by atoms with Crippen molar-refractivity contribution in [1.82, 2.24) is 14.3 Å². The van der Waals surface area contributed by atoms with Gasteiger partial charge >= 0.3 is 0 Å². The summed E-state index contributed by atoms with van der Waals surface area (Å²) in [6.07, 6.45) is 4.33. The van der Waals surface area contributed by atoms with Crippen LogP contribution < -0.4 is 5.73 Å². The van der Waals surface area contributed by atoms with Gasteiger partial charge in [-0.2, -0.15) is 15.6 Å². The van der Waals surface area contributed by atoms with E-state index in [1.165, 1.54) is 16.7 Å². The minimum Gasteiger partial charge on any atom is -0.368 e. The number of hydrogen-bond donors (Lipinski definition) is 1. The molecule has 2 N–H and O–H groups in total. The number of nitrogens with two attached hydrogens (primary N) is 1. The molecule has 0 amide bonds. The maximum absolute atomic E-state index is 12.7. The molecule has 0 unspecified atom stereocenters. The summed E-state index contributed by atoms with van der Waals surface area (Å²) in [5, 5.41) is 3.91. The molecule has 1 aliphatic rings. The summed E-state index contributed by atoms with van der Waals surface area (Å²) in [5.74, 6) is 0.0692. The first-order chi connectivity index (χ1) is 9.57. The maximum Gasteiger partial charge on any atom is 0.246 e. The molecule has 1 fully saturated rings. The second kappa shape index (κ2) is 5.12. The van der Waals surface area contributed by atoms with Crippen LogP contribution in [0.25, 0.3) is 0 Å². The minimum atomic E-state index is -3.57. The largest absolute Gasteiger partial charge is 0.368 e. The van der Waals surface area contributed by atoms with Crippen LogP contribution in [0.2, 0.25) is 0 Å². The van der Waals surface area contributed by atoms with E-state index in [9.17, 15) is 8.42 Å². The summed E-state index contributed by atoms with van der Waals surface area (Å²) in [7, 11) is -3.57. The fourth-order valence-electron chi connectivity index (χ4n) is 1.93. The van der Waals surface area contributed by atoms with Gasteiger partial charge < -0.3 is 5.73 Å². The van der Waals surface area contributed by atoms with E-state index in [1.54, 1.807) is 11.3 Å². The van der Waals surface area contributed by atoms with E-state index in [0.717, 1.165) is 18.4 Å². The van der Waals surface area contributed by atoms with Gasteiger partial charge in [-0.3, -0.25) is 0 Å². The number of nitrogens with zero attached hydrogens (tertiary/aromatic N) is 3. The highest BCUT2D eigenvalue weighted by atomic mass is 32.2. The molecular formula is C12H14N4O2S2. The first-order valence-electron chi connectivity index (χ1n) is 6.18. The number of nitrogen functional groups attached to an aromatic ring is 1. The molecule has 0 atom stereocenters. The lowest BCUT2D eigenvalue weighted by Gasteiger charge is -2.21. The Bertz CT molecular complexity index is 679. The van der Waals surface area contributed by atoms with Crippen molar-refractivity contribution in [3.8, 4) is 0 Å². The quantitative estimate of drug-likeness (QED) is 0.903. The number of rotatable bonds is 5. The Kier molecular flexibility index (Phi) is 3.45. The fourth-order valence-corrected chi connectivity index (χ4v) is 4.15. The number of hydrogen-bond acceptors (Lipinski definition) is 6. The third-order valence-corrected chi connectivity index (χ3v) is 5.71. The number of thiophene rings is 1. The zero-order valence-electron chi connectivity index (χ0n) is 10.6. The predicted octanol–water partition coefficient (Wildman–Crippen LogP) is 1.47. The number of sulfonamides is 1. The molecule has 0 aromatic carbocycles. The zero-order chi connectivity index (χ0) is 14.2. The highest BCUT2D eigenvalue weighted by molar-refractivity contribution is 7.89. The van der Waals surface area contributed by atoms with Crippen molar-refractivity contribution in [2.24, 2.45) is 0 Å². The Labute approximate surface area is 121 Å². The lowest BCUT2D eigenvalue weighted by Crippen LogP contribution is -2.32. The van der Waals surface area contributed by atoms with Gasteiger partial charge in [0.05, 0.1) is 12.4 Å². The normalized spacial score (nSPS) is 15.7. The first-order valence-corrected chi connectivity index (χ1v) is 8.56. The van der Waals surface area contributed by atoms with E-state index in [0.29, 0.717) is 6.54 Å². The molecule has 0 bridgehead atoms. The zero-order valence-corrected chi connectivity index (χ0v) is 12.3. The van der Waals surface area contributed by atoms with Crippen molar-refractivity contribution < 1.29 is 8.42 Å². The molecule has 0 saturated heterocycles. The average molecular weight is 310 g/mol. The van der Waals surface area contributed by atoms with Crippen LogP contribution in [-0.2, 0) is 16.6 Å². The lowest BCUT2D eigenvalue weighted by atomic mass is 10.3. The van der Waals surface area contributed by atoms with Crippen LogP contribution in [0.5, 0.6) is 0 Å². The molecule has 2 heterocycles. The third-order valence-electron chi connectivity index (χ3n) is 3.13. The summed E-state index contributed by atoms with van der Waals surface area (Å²) in [6.45, 7) is 0.390. The number of anilines is 1. The van der Waals surface area contributed by atoms with Gasteiger partial charge in [-0.05, 0) is 35.2 Å². The van der Waals surface area contributed by atoms with Gasteiger partial charge in [0.25, 0.3) is 0 Å². The molecule has 0 aliphatic heterocycles. The van der Waals surface area contributed by atoms with Crippen LogP contribution in [0, 0.1) is 0 Å². The Morgan fingerprint density at radius 2 is 2.05 bits per heavy atom. The molecule has 8 heteroatoms. The van der Waals surface area contributed by atoms with Crippen molar-refractivity contribution in [3.63, 3.8) is 0 Å². The summed E-state index contributed by atoms with van der Waals surface area (Å²) >= 11 is 1.56. The molecule has 3 rings (SSSR count). The average Bonchev–Trinajstić information content (AvgIpc) is 3.12. The number of aromatic nitrogens is 2. The monoisotopic (exact) mass is 310 g/mol. The highest BCUT2D eigenvalue weighted by Crippen LogP contribution is 2.33. The molecule has 0 radical (unpaired) electrons. The van der Waals surface area contributed by atoms with Crippen molar-refractivity contribution in [2.75, 3.05) is 5.73 Å². The summed E-state index contributed by atoms with van der Waals surface area (Å²) < 4.78 is 26.9. The van der Waals surface area contributed by atoms with E-state index < -0.39 is 10.0 Å². The fraction of sp³-hybridized carbons (Fsp3) is 0.333. The van der Waals surface area contributed by atoms with Gasteiger partial charge in [-0.15, -0.1) is 0 Å². The van der Waals surface area contributed by atoms with Crippen LogP contribution >= 0.6 is 11.3 Å². The lowest BCUT2D eigenvalue weighted by molar-refractivity contribution is 0.398. The second-order valence-electron chi connectivity index (χ2n) is 4.69. The summed E-state index contributed by atoms with van der Waals surface area (Å²) in [4.78, 5) is 7.63. The highest BCUT2D eigenvalue weighted by Gasteiger charge is 2.38. The van der Waals surface area contributed by atoms with Crippen LogP contribution in [-0.4, -0.2) is 28.7 Å².